The molecule has 0 atom stereocenters. The minimum absolute atomic E-state index is 1.16. The van der Waals surface area contributed by atoms with E-state index in [4.69, 9.17) is 0 Å². The Morgan fingerprint density at radius 1 is 1.18 bits per heavy atom. The lowest BCUT2D eigenvalue weighted by atomic mass is 10.1. The summed E-state index contributed by atoms with van der Waals surface area (Å²) < 4.78 is 0. The predicted molar refractivity (Wildman–Crippen MR) is 44.3 cm³/mol. The van der Waals surface area contributed by atoms with Crippen LogP contribution in [0.5, 0.6) is 0 Å². The van der Waals surface area contributed by atoms with Crippen LogP contribution < -0.4 is 0 Å². The van der Waals surface area contributed by atoms with E-state index < -0.39 is 0 Å². The molecule has 0 fully saturated rings. The van der Waals surface area contributed by atoms with E-state index in [2.05, 4.69) is 11.1 Å². The SMILES string of the molecule is [c]1ccnc2c1CCCCC2. The van der Waals surface area contributed by atoms with E-state index in [9.17, 15) is 0 Å². The first-order valence-electron chi connectivity index (χ1n) is 4.31. The highest BCUT2D eigenvalue weighted by molar-refractivity contribution is 5.19. The van der Waals surface area contributed by atoms with Gasteiger partial charge < -0.3 is 0 Å². The van der Waals surface area contributed by atoms with E-state index >= 15 is 0 Å². The molecule has 1 heteroatoms. The first-order chi connectivity index (χ1) is 5.47. The molecule has 57 valence electrons. The summed E-state index contributed by atoms with van der Waals surface area (Å²) in [5.74, 6) is 0. The molecule has 11 heavy (non-hydrogen) atoms. The van der Waals surface area contributed by atoms with Gasteiger partial charge in [-0.2, -0.15) is 0 Å². The first-order valence-corrected chi connectivity index (χ1v) is 4.31. The minimum Gasteiger partial charge on any atom is -0.261 e. The van der Waals surface area contributed by atoms with Crippen LogP contribution in [-0.4, -0.2) is 4.98 Å². The van der Waals surface area contributed by atoms with Gasteiger partial charge in [0.1, 0.15) is 0 Å². The molecule has 1 aromatic heterocycles. The summed E-state index contributed by atoms with van der Waals surface area (Å²) in [5.41, 5.74) is 2.63. The van der Waals surface area contributed by atoms with Crippen molar-refractivity contribution in [1.82, 2.24) is 4.98 Å². The van der Waals surface area contributed by atoms with Gasteiger partial charge >= 0.3 is 0 Å². The molecular weight excluding hydrogens is 134 g/mol. The van der Waals surface area contributed by atoms with Crippen LogP contribution in [0, 0.1) is 6.07 Å². The maximum atomic E-state index is 4.35. The second-order valence-corrected chi connectivity index (χ2v) is 3.08. The molecule has 1 radical (unpaired) electrons. The standard InChI is InChI=1S/C10H12N/c1-2-5-9-6-4-8-11-10(9)7-3-1/h4,8H,1-3,5,7H2. The third-order valence-corrected chi connectivity index (χ3v) is 2.25. The van der Waals surface area contributed by atoms with E-state index in [0.717, 1.165) is 6.42 Å². The molecule has 1 aliphatic carbocycles. The van der Waals surface area contributed by atoms with Crippen molar-refractivity contribution in [2.75, 3.05) is 0 Å². The zero-order chi connectivity index (χ0) is 7.52. The van der Waals surface area contributed by atoms with E-state index in [1.165, 1.54) is 36.9 Å². The number of pyridine rings is 1. The zero-order valence-electron chi connectivity index (χ0n) is 6.64. The summed E-state index contributed by atoms with van der Waals surface area (Å²) in [6, 6.07) is 5.19. The van der Waals surface area contributed by atoms with E-state index in [1.54, 1.807) is 0 Å². The Labute approximate surface area is 67.5 Å². The van der Waals surface area contributed by atoms with Gasteiger partial charge in [0.05, 0.1) is 0 Å². The van der Waals surface area contributed by atoms with Gasteiger partial charge in [-0.1, -0.05) is 6.42 Å². The molecule has 0 bridgehead atoms. The zero-order valence-corrected chi connectivity index (χ0v) is 6.64. The van der Waals surface area contributed by atoms with E-state index in [1.807, 2.05) is 12.3 Å². The van der Waals surface area contributed by atoms with Gasteiger partial charge in [0.15, 0.2) is 0 Å². The molecule has 0 spiro atoms. The van der Waals surface area contributed by atoms with Gasteiger partial charge in [0, 0.05) is 11.9 Å². The fraction of sp³-hybridized carbons (Fsp3) is 0.500. The van der Waals surface area contributed by atoms with Crippen LogP contribution in [0.3, 0.4) is 0 Å². The van der Waals surface area contributed by atoms with Crippen molar-refractivity contribution in [2.24, 2.45) is 0 Å². The molecule has 1 nitrogen and oxygen atoms in total. The fourth-order valence-electron chi connectivity index (χ4n) is 1.63. The highest BCUT2D eigenvalue weighted by Crippen LogP contribution is 2.17. The molecule has 0 aromatic carbocycles. The Bertz CT molecular complexity index is 217. The fourth-order valence-corrected chi connectivity index (χ4v) is 1.63. The van der Waals surface area contributed by atoms with Crippen LogP contribution in [0.4, 0.5) is 0 Å². The molecule has 0 aliphatic heterocycles. The largest absolute Gasteiger partial charge is 0.261 e. The molecule has 0 saturated carbocycles. The van der Waals surface area contributed by atoms with E-state index in [-0.39, 0.29) is 0 Å². The molecule has 1 aliphatic rings. The highest BCUT2D eigenvalue weighted by Gasteiger charge is 2.06. The highest BCUT2D eigenvalue weighted by atomic mass is 14.7. The quantitative estimate of drug-likeness (QED) is 0.511. The summed E-state index contributed by atoms with van der Waals surface area (Å²) in [5, 5.41) is 0. The smallest absolute Gasteiger partial charge is 0.0441 e. The van der Waals surface area contributed by atoms with Crippen molar-refractivity contribution in [1.29, 1.82) is 0 Å². The van der Waals surface area contributed by atoms with Crippen molar-refractivity contribution in [2.45, 2.75) is 32.1 Å². The minimum atomic E-state index is 1.16. The first kappa shape index (κ1) is 6.84. The lowest BCUT2D eigenvalue weighted by Gasteiger charge is -2.00. The average molecular weight is 146 g/mol. The molecule has 1 aromatic rings. The Kier molecular flexibility index (Phi) is 1.89. The van der Waals surface area contributed by atoms with Crippen molar-refractivity contribution in [3.63, 3.8) is 0 Å². The van der Waals surface area contributed by atoms with Crippen LogP contribution >= 0.6 is 0 Å². The van der Waals surface area contributed by atoms with E-state index in [0.29, 0.717) is 0 Å². The number of aromatic nitrogens is 1. The summed E-state index contributed by atoms with van der Waals surface area (Å²) in [6.07, 6.45) is 8.16. The summed E-state index contributed by atoms with van der Waals surface area (Å²) >= 11 is 0. The number of nitrogens with zero attached hydrogens (tertiary/aromatic N) is 1. The molecule has 0 saturated heterocycles. The van der Waals surface area contributed by atoms with Gasteiger partial charge in [-0.25, -0.2) is 0 Å². The van der Waals surface area contributed by atoms with Crippen LogP contribution in [0.1, 0.15) is 30.5 Å². The summed E-state index contributed by atoms with van der Waals surface area (Å²) in [6.45, 7) is 0. The number of hydrogen-bond donors (Lipinski definition) is 0. The van der Waals surface area contributed by atoms with Crippen molar-refractivity contribution >= 4 is 0 Å². The molecule has 0 amide bonds. The summed E-state index contributed by atoms with van der Waals surface area (Å²) in [7, 11) is 0. The monoisotopic (exact) mass is 146 g/mol. The number of fused-ring (bicyclic) bond motifs is 1. The third kappa shape index (κ3) is 1.42. The number of rotatable bonds is 0. The lowest BCUT2D eigenvalue weighted by molar-refractivity contribution is 0.708. The maximum Gasteiger partial charge on any atom is 0.0441 e. The Morgan fingerprint density at radius 3 is 3.09 bits per heavy atom. The van der Waals surface area contributed by atoms with Crippen molar-refractivity contribution in [3.05, 3.63) is 29.6 Å². The van der Waals surface area contributed by atoms with Crippen LogP contribution in [0.2, 0.25) is 0 Å². The predicted octanol–water partition coefficient (Wildman–Crippen LogP) is 2.15. The van der Waals surface area contributed by atoms with Gasteiger partial charge in [-0.05, 0) is 43.4 Å². The topological polar surface area (TPSA) is 12.9 Å². The van der Waals surface area contributed by atoms with Gasteiger partial charge in [0.25, 0.3) is 0 Å². The third-order valence-electron chi connectivity index (χ3n) is 2.25. The Morgan fingerprint density at radius 2 is 2.09 bits per heavy atom. The van der Waals surface area contributed by atoms with Crippen LogP contribution in [0.25, 0.3) is 0 Å². The maximum absolute atomic E-state index is 4.35. The average Bonchev–Trinajstić information content (AvgIpc) is 2.28. The molecule has 1 heterocycles. The van der Waals surface area contributed by atoms with Gasteiger partial charge in [-0.15, -0.1) is 0 Å². The normalized spacial score (nSPS) is 17.1. The van der Waals surface area contributed by atoms with Gasteiger partial charge in [0.2, 0.25) is 0 Å². The van der Waals surface area contributed by atoms with Gasteiger partial charge in [-0.3, -0.25) is 4.98 Å². The summed E-state index contributed by atoms with van der Waals surface area (Å²) in [4.78, 5) is 4.35. The van der Waals surface area contributed by atoms with Crippen LogP contribution in [-0.2, 0) is 12.8 Å². The second-order valence-electron chi connectivity index (χ2n) is 3.08. The van der Waals surface area contributed by atoms with Crippen molar-refractivity contribution in [3.8, 4) is 0 Å². The lowest BCUT2D eigenvalue weighted by Crippen LogP contribution is -1.93. The van der Waals surface area contributed by atoms with Crippen LogP contribution in [0.15, 0.2) is 12.3 Å². The number of hydrogen-bond acceptors (Lipinski definition) is 1. The Hall–Kier alpha value is -0.850. The molecule has 2 rings (SSSR count). The molecular formula is C10H12N. The number of aryl methyl sites for hydroxylation is 2. The molecule has 0 unspecified atom stereocenters. The van der Waals surface area contributed by atoms with Crippen molar-refractivity contribution < 1.29 is 0 Å². The second kappa shape index (κ2) is 3.04. The molecule has 0 N–H and O–H groups in total. The Balaban J connectivity index is 2.33.